The number of nitrogens with one attached hydrogen (secondary N) is 1. The molecule has 0 radical (unpaired) electrons. The molecule has 0 spiro atoms. The van der Waals surface area contributed by atoms with Crippen molar-refractivity contribution in [3.05, 3.63) is 41.9 Å². The lowest BCUT2D eigenvalue weighted by molar-refractivity contribution is 0.355. The van der Waals surface area contributed by atoms with Crippen LogP contribution in [0.25, 0.3) is 0 Å². The molecule has 1 N–H and O–H groups in total. The van der Waals surface area contributed by atoms with Gasteiger partial charge in [0, 0.05) is 36.6 Å². The summed E-state index contributed by atoms with van der Waals surface area (Å²) in [6, 6.07) is 3.93. The van der Waals surface area contributed by atoms with Gasteiger partial charge in [0.2, 0.25) is 5.88 Å². The molecular formula is C15H22N4O. The molecule has 0 aliphatic carbocycles. The lowest BCUT2D eigenvalue weighted by Gasteiger charge is -2.18. The summed E-state index contributed by atoms with van der Waals surface area (Å²) in [5, 5.41) is 7.77. The van der Waals surface area contributed by atoms with E-state index < -0.39 is 0 Å². The van der Waals surface area contributed by atoms with Gasteiger partial charge in [0.05, 0.1) is 18.8 Å². The molecule has 0 atom stereocenters. The lowest BCUT2D eigenvalue weighted by atomic mass is 10.1. The maximum atomic E-state index is 5.23. The van der Waals surface area contributed by atoms with Crippen LogP contribution in [0.5, 0.6) is 5.88 Å². The quantitative estimate of drug-likeness (QED) is 0.909. The van der Waals surface area contributed by atoms with Gasteiger partial charge in [-0.25, -0.2) is 4.98 Å². The van der Waals surface area contributed by atoms with Crippen molar-refractivity contribution in [3.63, 3.8) is 0 Å². The predicted molar refractivity (Wildman–Crippen MR) is 78.6 cm³/mol. The molecule has 0 saturated heterocycles. The number of rotatable bonds is 5. The van der Waals surface area contributed by atoms with E-state index in [4.69, 9.17) is 4.74 Å². The van der Waals surface area contributed by atoms with Crippen LogP contribution in [-0.4, -0.2) is 21.9 Å². The van der Waals surface area contributed by atoms with E-state index in [1.54, 1.807) is 13.3 Å². The summed E-state index contributed by atoms with van der Waals surface area (Å²) in [6.45, 7) is 7.90. The zero-order valence-electron chi connectivity index (χ0n) is 12.6. The monoisotopic (exact) mass is 274 g/mol. The Hall–Kier alpha value is -1.88. The Kier molecular flexibility index (Phi) is 4.39. The number of hydrogen-bond donors (Lipinski definition) is 1. The minimum atomic E-state index is 0.0187. The van der Waals surface area contributed by atoms with Crippen LogP contribution in [0.1, 0.15) is 31.9 Å². The normalized spacial score (nSPS) is 11.6. The van der Waals surface area contributed by atoms with E-state index >= 15 is 0 Å². The Morgan fingerprint density at radius 3 is 2.75 bits per heavy atom. The van der Waals surface area contributed by atoms with Crippen molar-refractivity contribution < 1.29 is 4.74 Å². The Balaban J connectivity index is 1.91. The lowest BCUT2D eigenvalue weighted by Crippen LogP contribution is -2.22. The molecule has 0 bridgehead atoms. The van der Waals surface area contributed by atoms with Crippen LogP contribution in [0.2, 0.25) is 0 Å². The number of ether oxygens (including phenoxy) is 1. The molecule has 0 amide bonds. The zero-order valence-corrected chi connectivity index (χ0v) is 12.6. The number of nitrogens with zero attached hydrogens (tertiary/aromatic N) is 3. The molecule has 2 aromatic heterocycles. The van der Waals surface area contributed by atoms with Crippen LogP contribution in [0.4, 0.5) is 0 Å². The highest BCUT2D eigenvalue weighted by molar-refractivity contribution is 5.25. The number of aromatic nitrogens is 3. The highest BCUT2D eigenvalue weighted by atomic mass is 16.5. The molecule has 0 unspecified atom stereocenters. The fourth-order valence-electron chi connectivity index (χ4n) is 1.90. The van der Waals surface area contributed by atoms with Gasteiger partial charge in [0.1, 0.15) is 0 Å². The van der Waals surface area contributed by atoms with Gasteiger partial charge in [0.15, 0.2) is 0 Å². The largest absolute Gasteiger partial charge is 0.481 e. The van der Waals surface area contributed by atoms with Crippen molar-refractivity contribution >= 4 is 0 Å². The SMILES string of the molecule is COc1ncccc1CNCc1cnn(C(C)(C)C)c1. The van der Waals surface area contributed by atoms with Crippen molar-refractivity contribution in [1.82, 2.24) is 20.1 Å². The maximum Gasteiger partial charge on any atom is 0.217 e. The Labute approximate surface area is 120 Å². The van der Waals surface area contributed by atoms with Gasteiger partial charge in [0.25, 0.3) is 0 Å². The summed E-state index contributed by atoms with van der Waals surface area (Å²) in [5.74, 6) is 0.672. The second-order valence-electron chi connectivity index (χ2n) is 5.74. The molecular weight excluding hydrogens is 252 g/mol. The third kappa shape index (κ3) is 3.57. The molecule has 0 aliphatic heterocycles. The predicted octanol–water partition coefficient (Wildman–Crippen LogP) is 2.33. The van der Waals surface area contributed by atoms with Crippen molar-refractivity contribution in [2.45, 2.75) is 39.4 Å². The first kappa shape index (κ1) is 14.5. The van der Waals surface area contributed by atoms with E-state index in [2.05, 4.69) is 42.4 Å². The van der Waals surface area contributed by atoms with E-state index in [0.717, 1.165) is 18.7 Å². The van der Waals surface area contributed by atoms with Crippen LogP contribution in [0.3, 0.4) is 0 Å². The molecule has 0 aromatic carbocycles. The summed E-state index contributed by atoms with van der Waals surface area (Å²) in [4.78, 5) is 4.18. The third-order valence-corrected chi connectivity index (χ3v) is 3.01. The fraction of sp³-hybridized carbons (Fsp3) is 0.467. The average molecular weight is 274 g/mol. The summed E-state index contributed by atoms with van der Waals surface area (Å²) in [7, 11) is 1.64. The third-order valence-electron chi connectivity index (χ3n) is 3.01. The van der Waals surface area contributed by atoms with E-state index in [9.17, 15) is 0 Å². The van der Waals surface area contributed by atoms with Gasteiger partial charge in [-0.2, -0.15) is 5.10 Å². The van der Waals surface area contributed by atoms with Gasteiger partial charge in [-0.1, -0.05) is 6.07 Å². The topological polar surface area (TPSA) is 52.0 Å². The van der Waals surface area contributed by atoms with E-state index in [-0.39, 0.29) is 5.54 Å². The van der Waals surface area contributed by atoms with Crippen LogP contribution in [-0.2, 0) is 18.6 Å². The summed E-state index contributed by atoms with van der Waals surface area (Å²) in [6.07, 6.45) is 5.71. The van der Waals surface area contributed by atoms with Gasteiger partial charge >= 0.3 is 0 Å². The van der Waals surface area contributed by atoms with Gasteiger partial charge < -0.3 is 10.1 Å². The van der Waals surface area contributed by atoms with Crippen LogP contribution >= 0.6 is 0 Å². The minimum Gasteiger partial charge on any atom is -0.481 e. The molecule has 0 saturated carbocycles. The standard InChI is InChI=1S/C15H22N4O/c1-15(2,3)19-11-12(9-18-19)8-16-10-13-6-5-7-17-14(13)20-4/h5-7,9,11,16H,8,10H2,1-4H3. The smallest absolute Gasteiger partial charge is 0.217 e. The zero-order chi connectivity index (χ0) is 14.6. The summed E-state index contributed by atoms with van der Waals surface area (Å²) < 4.78 is 7.21. The minimum absolute atomic E-state index is 0.0187. The molecule has 0 aliphatic rings. The van der Waals surface area contributed by atoms with E-state index in [1.165, 1.54) is 5.56 Å². The molecule has 0 fully saturated rings. The molecule has 2 rings (SSSR count). The van der Waals surface area contributed by atoms with Gasteiger partial charge in [-0.3, -0.25) is 4.68 Å². The Bertz CT molecular complexity index is 557. The Morgan fingerprint density at radius 1 is 1.30 bits per heavy atom. The molecule has 20 heavy (non-hydrogen) atoms. The van der Waals surface area contributed by atoms with E-state index in [1.807, 2.05) is 23.0 Å². The second-order valence-corrected chi connectivity index (χ2v) is 5.74. The maximum absolute atomic E-state index is 5.23. The first-order valence-corrected chi connectivity index (χ1v) is 6.73. The van der Waals surface area contributed by atoms with Crippen molar-refractivity contribution in [1.29, 1.82) is 0 Å². The fourth-order valence-corrected chi connectivity index (χ4v) is 1.90. The highest BCUT2D eigenvalue weighted by Gasteiger charge is 2.13. The number of hydrogen-bond acceptors (Lipinski definition) is 4. The van der Waals surface area contributed by atoms with Crippen LogP contribution in [0, 0.1) is 0 Å². The average Bonchev–Trinajstić information content (AvgIpc) is 2.88. The van der Waals surface area contributed by atoms with Crippen molar-refractivity contribution in [2.75, 3.05) is 7.11 Å². The Morgan fingerprint density at radius 2 is 2.10 bits per heavy atom. The van der Waals surface area contributed by atoms with Crippen LogP contribution in [0.15, 0.2) is 30.7 Å². The van der Waals surface area contributed by atoms with Gasteiger partial charge in [-0.05, 0) is 26.8 Å². The molecule has 2 heterocycles. The summed E-state index contributed by atoms with van der Waals surface area (Å²) >= 11 is 0. The van der Waals surface area contributed by atoms with E-state index in [0.29, 0.717) is 5.88 Å². The van der Waals surface area contributed by atoms with Gasteiger partial charge in [-0.15, -0.1) is 0 Å². The van der Waals surface area contributed by atoms with Crippen molar-refractivity contribution in [2.24, 2.45) is 0 Å². The molecule has 5 nitrogen and oxygen atoms in total. The number of methoxy groups -OCH3 is 1. The second kappa shape index (κ2) is 6.05. The molecule has 5 heteroatoms. The van der Waals surface area contributed by atoms with Crippen molar-refractivity contribution in [3.8, 4) is 5.88 Å². The molecule has 2 aromatic rings. The highest BCUT2D eigenvalue weighted by Crippen LogP contribution is 2.14. The first-order valence-electron chi connectivity index (χ1n) is 6.73. The number of pyridine rings is 1. The molecule has 108 valence electrons. The van der Waals surface area contributed by atoms with Crippen LogP contribution < -0.4 is 10.1 Å². The first-order chi connectivity index (χ1) is 9.50. The summed E-state index contributed by atoms with van der Waals surface area (Å²) in [5.41, 5.74) is 2.24.